The zero-order chi connectivity index (χ0) is 39.2. The van der Waals surface area contributed by atoms with Gasteiger partial charge in [0.15, 0.2) is 11.5 Å². The van der Waals surface area contributed by atoms with Crippen LogP contribution < -0.4 is 14.2 Å². The molecule has 21 nitrogen and oxygen atoms in total. The summed E-state index contributed by atoms with van der Waals surface area (Å²) >= 11 is 0. The molecular weight excluding hydrogens is 732 g/mol. The number of ether oxygens (including phenoxy) is 6. The van der Waals surface area contributed by atoms with Crippen LogP contribution in [-0.4, -0.2) is 183 Å². The lowest BCUT2D eigenvalue weighted by Crippen LogP contribution is -2.60. The van der Waals surface area contributed by atoms with E-state index in [0.717, 1.165) is 18.2 Å². The molecule has 0 radical (unpaired) electrons. The number of aliphatic hydroxyl groups excluding tert-OH is 12. The number of hydrogen-bond donors (Lipinski definition) is 14. The van der Waals surface area contributed by atoms with Gasteiger partial charge < -0.3 is 99.9 Å². The number of aliphatic hydroxyl groups is 12. The molecule has 3 aliphatic rings. The van der Waals surface area contributed by atoms with Crippen molar-refractivity contribution >= 4 is 11.0 Å². The van der Waals surface area contributed by atoms with Crippen molar-refractivity contribution in [1.29, 1.82) is 0 Å². The molecular formula is C33H41O21+. The van der Waals surface area contributed by atoms with Crippen molar-refractivity contribution in [3.05, 3.63) is 36.4 Å². The Hall–Kier alpha value is -3.75. The third-order valence-electron chi connectivity index (χ3n) is 9.31. The second-order valence-electron chi connectivity index (χ2n) is 12.9. The third kappa shape index (κ3) is 7.58. The van der Waals surface area contributed by atoms with Crippen LogP contribution in [-0.2, 0) is 14.2 Å². The summed E-state index contributed by atoms with van der Waals surface area (Å²) in [4.78, 5) is 0. The van der Waals surface area contributed by atoms with Crippen molar-refractivity contribution in [3.63, 3.8) is 0 Å². The first-order valence-corrected chi connectivity index (χ1v) is 16.6. The first kappa shape index (κ1) is 39.9. The van der Waals surface area contributed by atoms with Crippen LogP contribution in [0.25, 0.3) is 22.3 Å². The van der Waals surface area contributed by atoms with Crippen molar-refractivity contribution < 1.29 is 104 Å². The molecule has 1 aromatic heterocycles. The number of benzene rings is 2. The summed E-state index contributed by atoms with van der Waals surface area (Å²) in [5.41, 5.74) is -0.149. The van der Waals surface area contributed by atoms with Crippen molar-refractivity contribution in [2.45, 2.75) is 92.1 Å². The molecule has 3 saturated heterocycles. The number of rotatable bonds is 10. The summed E-state index contributed by atoms with van der Waals surface area (Å²) in [5, 5.41) is 143. The fourth-order valence-corrected chi connectivity index (χ4v) is 6.16. The number of aromatic hydroxyl groups is 2. The standard InChI is InChI=1S/C33H40O21/c34-7-18-21(39)24(42)27(45)31(52-18)48-11-4-14(38)12-6-17(51-33-29(47)26(44)23(41)20(9-36)54-33)30(49-15(12)5-11)10-1-2-13(37)16(3-10)50-32-28(46)25(43)22(40)19(8-35)53-32/h1-6,18-29,31-36,39-47H,7-9H2,(H-,37,38)/p+1/t18-,19-,20-,21-,22-,23-,24+,25+,26+,27-,28-,29-,31?,32?,33?/m1/s1. The molecule has 0 spiro atoms. The van der Waals surface area contributed by atoms with Gasteiger partial charge in [-0.2, -0.15) is 0 Å². The molecule has 3 unspecified atom stereocenters. The Labute approximate surface area is 303 Å². The van der Waals surface area contributed by atoms with E-state index in [2.05, 4.69) is 0 Å². The van der Waals surface area contributed by atoms with Crippen molar-refractivity contribution in [2.24, 2.45) is 0 Å². The average Bonchev–Trinajstić information content (AvgIpc) is 3.16. The van der Waals surface area contributed by atoms with Gasteiger partial charge >= 0.3 is 11.3 Å². The van der Waals surface area contributed by atoms with Crippen LogP contribution >= 0.6 is 0 Å². The molecule has 3 fully saturated rings. The van der Waals surface area contributed by atoms with E-state index < -0.39 is 129 Å². The molecule has 6 rings (SSSR count). The largest absolute Gasteiger partial charge is 0.507 e. The predicted octanol–water partition coefficient (Wildman–Crippen LogP) is -4.67. The van der Waals surface area contributed by atoms with E-state index in [4.69, 9.17) is 32.8 Å². The molecule has 2 aromatic carbocycles. The zero-order valence-electron chi connectivity index (χ0n) is 27.9. The summed E-state index contributed by atoms with van der Waals surface area (Å²) < 4.78 is 39.5. The summed E-state index contributed by atoms with van der Waals surface area (Å²) in [6.07, 6.45) is -25.2. The normalized spacial score (nSPS) is 37.2. The molecule has 14 N–H and O–H groups in total. The highest BCUT2D eigenvalue weighted by molar-refractivity contribution is 5.88. The molecule has 54 heavy (non-hydrogen) atoms. The molecule has 298 valence electrons. The first-order chi connectivity index (χ1) is 25.7. The molecule has 15 atom stereocenters. The first-order valence-electron chi connectivity index (χ1n) is 16.6. The summed E-state index contributed by atoms with van der Waals surface area (Å²) in [7, 11) is 0. The molecule has 0 saturated carbocycles. The molecule has 3 aliphatic heterocycles. The fourth-order valence-electron chi connectivity index (χ4n) is 6.16. The van der Waals surface area contributed by atoms with Gasteiger partial charge in [-0.1, -0.05) is 0 Å². The Bertz CT molecular complexity index is 1750. The van der Waals surface area contributed by atoms with E-state index in [9.17, 15) is 71.5 Å². The van der Waals surface area contributed by atoms with E-state index in [0.29, 0.717) is 0 Å². The van der Waals surface area contributed by atoms with Crippen LogP contribution in [0.3, 0.4) is 0 Å². The molecule has 0 bridgehead atoms. The second kappa shape index (κ2) is 16.2. The lowest BCUT2D eigenvalue weighted by Gasteiger charge is -2.39. The van der Waals surface area contributed by atoms with Crippen LogP contribution in [0.4, 0.5) is 0 Å². The fraction of sp³-hybridized carbons (Fsp3) is 0.545. The van der Waals surface area contributed by atoms with Crippen LogP contribution in [0.1, 0.15) is 0 Å². The van der Waals surface area contributed by atoms with E-state index >= 15 is 0 Å². The van der Waals surface area contributed by atoms with Crippen molar-refractivity contribution in [1.82, 2.24) is 0 Å². The van der Waals surface area contributed by atoms with Crippen LogP contribution in [0.15, 0.2) is 40.8 Å². The maximum absolute atomic E-state index is 11.0. The summed E-state index contributed by atoms with van der Waals surface area (Å²) in [6, 6.07) is 7.02. The topological polar surface area (TPSA) is 350 Å². The lowest BCUT2D eigenvalue weighted by molar-refractivity contribution is -0.277. The Morgan fingerprint density at radius 2 is 0.963 bits per heavy atom. The predicted molar refractivity (Wildman–Crippen MR) is 173 cm³/mol. The Morgan fingerprint density at radius 3 is 1.44 bits per heavy atom. The zero-order valence-corrected chi connectivity index (χ0v) is 27.9. The smallest absolute Gasteiger partial charge is 0.402 e. The molecule has 3 aromatic rings. The summed E-state index contributed by atoms with van der Waals surface area (Å²) in [5.74, 6) is -2.23. The lowest BCUT2D eigenvalue weighted by atomic mass is 9.99. The monoisotopic (exact) mass is 773 g/mol. The number of phenols is 2. The van der Waals surface area contributed by atoms with Crippen molar-refractivity contribution in [2.75, 3.05) is 19.8 Å². The van der Waals surface area contributed by atoms with Gasteiger partial charge in [-0.15, -0.1) is 0 Å². The quantitative estimate of drug-likeness (QED) is 0.0861. The highest BCUT2D eigenvalue weighted by Crippen LogP contribution is 2.43. The van der Waals surface area contributed by atoms with Gasteiger partial charge in [0.2, 0.25) is 24.6 Å². The van der Waals surface area contributed by atoms with Gasteiger partial charge in [0.25, 0.3) is 0 Å². The minimum absolute atomic E-state index is 0.00799. The van der Waals surface area contributed by atoms with Crippen molar-refractivity contribution in [3.8, 4) is 40.1 Å². The second-order valence-corrected chi connectivity index (χ2v) is 12.9. The molecule has 0 aliphatic carbocycles. The van der Waals surface area contributed by atoms with Crippen LogP contribution in [0.2, 0.25) is 0 Å². The van der Waals surface area contributed by atoms with E-state index in [1.807, 2.05) is 0 Å². The van der Waals surface area contributed by atoms with Crippen LogP contribution in [0.5, 0.6) is 28.7 Å². The summed E-state index contributed by atoms with van der Waals surface area (Å²) in [6.45, 7) is -2.28. The number of fused-ring (bicyclic) bond motifs is 1. The van der Waals surface area contributed by atoms with E-state index in [1.54, 1.807) is 0 Å². The molecule has 0 amide bonds. The Kier molecular flexibility index (Phi) is 11.9. The highest BCUT2D eigenvalue weighted by Gasteiger charge is 2.48. The van der Waals surface area contributed by atoms with Crippen LogP contribution in [0, 0.1) is 0 Å². The third-order valence-corrected chi connectivity index (χ3v) is 9.31. The SMILES string of the molecule is OC[C@H]1OC(Oc2cc(O)c3cc(OC4O[C@H](CO)[C@@H](O)[C@H](O)[C@H]4O)c(-c4ccc(O)c(OC5O[C@H](CO)[C@@H](O)[C@H](O)[C@H]5O)c4)[o+]c3c2)[C@H](O)[C@@H](O)[C@@H]1O. The van der Waals surface area contributed by atoms with E-state index in [-0.39, 0.29) is 33.8 Å². The van der Waals surface area contributed by atoms with Gasteiger partial charge in [0, 0.05) is 18.2 Å². The number of phenolic OH excluding ortho intramolecular Hbond substituents is 2. The minimum Gasteiger partial charge on any atom is -0.507 e. The Balaban J connectivity index is 1.41. The molecule has 21 heteroatoms. The van der Waals surface area contributed by atoms with Gasteiger partial charge in [-0.25, -0.2) is 4.42 Å². The number of hydrogen-bond acceptors (Lipinski definition) is 20. The maximum atomic E-state index is 11.0. The van der Waals surface area contributed by atoms with Gasteiger partial charge in [0.1, 0.15) is 90.1 Å². The minimum atomic E-state index is -1.89. The van der Waals surface area contributed by atoms with Gasteiger partial charge in [0.05, 0.1) is 31.5 Å². The molecule has 4 heterocycles. The highest BCUT2D eigenvalue weighted by atomic mass is 16.7. The average molecular weight is 774 g/mol. The Morgan fingerprint density at radius 1 is 0.500 bits per heavy atom. The maximum Gasteiger partial charge on any atom is 0.402 e. The van der Waals surface area contributed by atoms with E-state index in [1.165, 1.54) is 18.2 Å². The van der Waals surface area contributed by atoms with Gasteiger partial charge in [-0.05, 0) is 12.1 Å². The van der Waals surface area contributed by atoms with Gasteiger partial charge in [-0.3, -0.25) is 0 Å².